The molecular weight excluding hydrogens is 326 g/mol. The van der Waals surface area contributed by atoms with Gasteiger partial charge < -0.3 is 4.74 Å². The van der Waals surface area contributed by atoms with E-state index < -0.39 is 17.4 Å². The number of hydrogen-bond acceptors (Lipinski definition) is 3. The van der Waals surface area contributed by atoms with Gasteiger partial charge in [0.05, 0.1) is 11.1 Å². The van der Waals surface area contributed by atoms with E-state index in [-0.39, 0.29) is 22.7 Å². The minimum absolute atomic E-state index is 0.0700. The van der Waals surface area contributed by atoms with E-state index in [1.54, 1.807) is 24.3 Å². The summed E-state index contributed by atoms with van der Waals surface area (Å²) < 4.78 is 33.5. The number of rotatable bonds is 6. The van der Waals surface area contributed by atoms with Crippen molar-refractivity contribution in [3.05, 3.63) is 95.6 Å². The van der Waals surface area contributed by atoms with E-state index in [4.69, 9.17) is 4.74 Å². The number of benzene rings is 2. The molecule has 1 heterocycles. The van der Waals surface area contributed by atoms with E-state index in [0.29, 0.717) is 16.9 Å². The summed E-state index contributed by atoms with van der Waals surface area (Å²) in [4.78, 5) is 23.0. The van der Waals surface area contributed by atoms with Gasteiger partial charge in [0.1, 0.15) is 0 Å². The summed E-state index contributed by atoms with van der Waals surface area (Å²) in [6.45, 7) is 6.66. The fourth-order valence-electron chi connectivity index (χ4n) is 2.37. The number of halogens is 2. The Bertz CT molecular complexity index is 954. The first-order valence-electron chi connectivity index (χ1n) is 7.32. The zero-order valence-corrected chi connectivity index (χ0v) is 13.0. The van der Waals surface area contributed by atoms with Crippen molar-refractivity contribution in [3.8, 4) is 0 Å². The zero-order valence-electron chi connectivity index (χ0n) is 13.0. The topological polar surface area (TPSA) is 46.7 Å². The Labute approximate surface area is 142 Å². The minimum atomic E-state index is -1.24. The summed E-state index contributed by atoms with van der Waals surface area (Å²) >= 11 is 0. The van der Waals surface area contributed by atoms with Gasteiger partial charge >= 0.3 is 0 Å². The summed E-state index contributed by atoms with van der Waals surface area (Å²) in [6, 6.07) is 8.94. The molecule has 0 unspecified atom stereocenters. The van der Waals surface area contributed by atoms with Crippen LogP contribution in [0.1, 0.15) is 31.8 Å². The van der Waals surface area contributed by atoms with Crippen molar-refractivity contribution in [3.63, 3.8) is 0 Å². The van der Waals surface area contributed by atoms with Gasteiger partial charge in [0, 0.05) is 11.1 Å². The second-order valence-electron chi connectivity index (χ2n) is 5.26. The van der Waals surface area contributed by atoms with E-state index in [1.165, 1.54) is 18.2 Å². The Morgan fingerprint density at radius 1 is 0.840 bits per heavy atom. The highest BCUT2D eigenvalue weighted by Crippen LogP contribution is 2.44. The van der Waals surface area contributed by atoms with Gasteiger partial charge in [-0.1, -0.05) is 37.4 Å². The molecule has 0 radical (unpaired) electrons. The third-order valence-electron chi connectivity index (χ3n) is 3.76. The molecule has 0 saturated carbocycles. The minimum Gasteiger partial charge on any atom is -0.448 e. The van der Waals surface area contributed by atoms with Crippen LogP contribution in [0.15, 0.2) is 61.7 Å². The van der Waals surface area contributed by atoms with Gasteiger partial charge in [0.25, 0.3) is 0 Å². The Hall–Kier alpha value is -3.34. The second-order valence-corrected chi connectivity index (χ2v) is 5.26. The maximum atomic E-state index is 14.2. The number of ketones is 2. The smallest absolute Gasteiger partial charge is 0.188 e. The molecule has 2 aromatic rings. The van der Waals surface area contributed by atoms with Crippen molar-refractivity contribution >= 4 is 23.1 Å². The van der Waals surface area contributed by atoms with Crippen molar-refractivity contribution < 1.29 is 23.1 Å². The Balaban J connectivity index is 1.94. The summed E-state index contributed by atoms with van der Waals surface area (Å²) in [5.41, 5.74) is 0.637. The van der Waals surface area contributed by atoms with Crippen LogP contribution in [0.25, 0.3) is 11.5 Å². The first-order chi connectivity index (χ1) is 12.0. The van der Waals surface area contributed by atoms with E-state index in [0.717, 1.165) is 6.08 Å². The van der Waals surface area contributed by atoms with Crippen LogP contribution >= 0.6 is 0 Å². The molecule has 0 N–H and O–H groups in total. The second kappa shape index (κ2) is 6.28. The van der Waals surface area contributed by atoms with Crippen LogP contribution in [-0.4, -0.2) is 11.6 Å². The van der Waals surface area contributed by atoms with Crippen LogP contribution in [-0.2, 0) is 4.74 Å². The summed E-state index contributed by atoms with van der Waals surface area (Å²) in [5.74, 6) is -2.73. The third-order valence-corrected chi connectivity index (χ3v) is 3.76. The molecule has 0 fully saturated rings. The van der Waals surface area contributed by atoms with Crippen molar-refractivity contribution in [2.75, 3.05) is 0 Å². The molecule has 0 spiro atoms. The third kappa shape index (κ3) is 2.92. The van der Waals surface area contributed by atoms with Gasteiger partial charge in [0.15, 0.2) is 34.7 Å². The number of carbonyl (C=O) groups excluding carboxylic acids is 2. The summed E-state index contributed by atoms with van der Waals surface area (Å²) in [7, 11) is 0. The van der Waals surface area contributed by atoms with Crippen molar-refractivity contribution in [1.29, 1.82) is 0 Å². The quantitative estimate of drug-likeness (QED) is 0.573. The molecule has 0 amide bonds. The van der Waals surface area contributed by atoms with Crippen molar-refractivity contribution in [2.24, 2.45) is 0 Å². The number of carbonyl (C=O) groups is 2. The van der Waals surface area contributed by atoms with E-state index in [9.17, 15) is 18.4 Å². The maximum Gasteiger partial charge on any atom is 0.188 e. The molecule has 0 bridgehead atoms. The monoisotopic (exact) mass is 338 g/mol. The van der Waals surface area contributed by atoms with Crippen LogP contribution in [0, 0.1) is 11.6 Å². The molecule has 0 aromatic heterocycles. The SMILES string of the molecule is C=CC(=O)c1ccc(C2=C(c3ccc(C(=O)C=C)c(F)c3F)O2)cc1. The van der Waals surface area contributed by atoms with E-state index in [1.807, 2.05) is 0 Å². The lowest BCUT2D eigenvalue weighted by Gasteiger charge is -2.02. The Kier molecular flexibility index (Phi) is 4.15. The molecular formula is C20H12F2O3. The maximum absolute atomic E-state index is 14.2. The lowest BCUT2D eigenvalue weighted by atomic mass is 10.0. The van der Waals surface area contributed by atoms with Gasteiger partial charge in [-0.05, 0) is 24.3 Å². The van der Waals surface area contributed by atoms with Gasteiger partial charge in [-0.3, -0.25) is 9.59 Å². The normalized spacial score (nSPS) is 12.4. The summed E-state index contributed by atoms with van der Waals surface area (Å²) in [6.07, 6.45) is 2.12. The molecule has 1 aliphatic rings. The molecule has 0 atom stereocenters. The van der Waals surface area contributed by atoms with Crippen LogP contribution in [0.3, 0.4) is 0 Å². The van der Waals surface area contributed by atoms with Crippen LogP contribution < -0.4 is 0 Å². The zero-order chi connectivity index (χ0) is 18.1. The highest BCUT2D eigenvalue weighted by atomic mass is 19.2. The molecule has 3 nitrogen and oxygen atoms in total. The van der Waals surface area contributed by atoms with Crippen LogP contribution in [0.4, 0.5) is 8.78 Å². The van der Waals surface area contributed by atoms with Gasteiger partial charge in [-0.2, -0.15) is 0 Å². The molecule has 3 rings (SSSR count). The van der Waals surface area contributed by atoms with Gasteiger partial charge in [-0.15, -0.1) is 0 Å². The predicted molar refractivity (Wildman–Crippen MR) is 89.8 cm³/mol. The van der Waals surface area contributed by atoms with E-state index in [2.05, 4.69) is 13.2 Å². The predicted octanol–water partition coefficient (Wildman–Crippen LogP) is 4.56. The van der Waals surface area contributed by atoms with Crippen molar-refractivity contribution in [2.45, 2.75) is 0 Å². The fourth-order valence-corrected chi connectivity index (χ4v) is 2.37. The summed E-state index contributed by atoms with van der Waals surface area (Å²) in [5, 5.41) is 0. The highest BCUT2D eigenvalue weighted by Gasteiger charge is 2.32. The average molecular weight is 338 g/mol. The molecule has 5 heteroatoms. The first kappa shape index (κ1) is 16.5. The highest BCUT2D eigenvalue weighted by molar-refractivity contribution is 6.06. The van der Waals surface area contributed by atoms with Gasteiger partial charge in [-0.25, -0.2) is 8.78 Å². The number of allylic oxidation sites excluding steroid dienone is 2. The Morgan fingerprint density at radius 2 is 1.48 bits per heavy atom. The lowest BCUT2D eigenvalue weighted by molar-refractivity contribution is 0.103. The molecule has 0 saturated heterocycles. The largest absolute Gasteiger partial charge is 0.448 e. The van der Waals surface area contributed by atoms with Crippen molar-refractivity contribution in [1.82, 2.24) is 0 Å². The van der Waals surface area contributed by atoms with Crippen LogP contribution in [0.2, 0.25) is 0 Å². The molecule has 25 heavy (non-hydrogen) atoms. The number of ether oxygens (including phenoxy) is 1. The molecule has 2 aromatic carbocycles. The lowest BCUT2D eigenvalue weighted by Crippen LogP contribution is -2.02. The molecule has 0 aliphatic carbocycles. The standard InChI is InChI=1S/C20H12F2O3/c1-3-15(23)11-5-7-12(8-6-11)19-20(25-19)14-10-9-13(16(24)4-2)17(21)18(14)22/h3-10H,1-2H2. The Morgan fingerprint density at radius 3 is 2.08 bits per heavy atom. The molecule has 1 aliphatic heterocycles. The van der Waals surface area contributed by atoms with E-state index >= 15 is 0 Å². The average Bonchev–Trinajstić information content (AvgIpc) is 3.43. The number of hydrogen-bond donors (Lipinski definition) is 0. The molecule has 124 valence electrons. The fraction of sp³-hybridized carbons (Fsp3) is 0. The van der Waals surface area contributed by atoms with Gasteiger partial charge in [0.2, 0.25) is 0 Å². The van der Waals surface area contributed by atoms with Crippen LogP contribution in [0.5, 0.6) is 0 Å². The first-order valence-corrected chi connectivity index (χ1v) is 7.32.